The number of morpholine rings is 1. The largest absolute Gasteiger partial charge is 0.379 e. The third-order valence-corrected chi connectivity index (χ3v) is 4.94. The Bertz CT molecular complexity index is 506. The number of ether oxygens (including phenoxy) is 1. The Hall–Kier alpha value is -1.39. The van der Waals surface area contributed by atoms with Crippen LogP contribution >= 0.6 is 0 Å². The summed E-state index contributed by atoms with van der Waals surface area (Å²) in [7, 11) is 0. The Morgan fingerprint density at radius 2 is 1.87 bits per heavy atom. The summed E-state index contributed by atoms with van der Waals surface area (Å²) >= 11 is 0. The average Bonchev–Trinajstić information content (AvgIpc) is 2.62. The minimum atomic E-state index is 0.236. The van der Waals surface area contributed by atoms with Crippen molar-refractivity contribution in [2.75, 3.05) is 26.3 Å². The van der Waals surface area contributed by atoms with E-state index in [1.807, 2.05) is 0 Å². The van der Waals surface area contributed by atoms with Gasteiger partial charge in [0.15, 0.2) is 0 Å². The van der Waals surface area contributed by atoms with E-state index in [2.05, 4.69) is 34.5 Å². The molecule has 1 saturated carbocycles. The molecule has 2 fully saturated rings. The van der Waals surface area contributed by atoms with Crippen LogP contribution in [0.5, 0.6) is 0 Å². The van der Waals surface area contributed by atoms with Gasteiger partial charge in [-0.05, 0) is 24.0 Å². The number of benzene rings is 1. The first-order valence-corrected chi connectivity index (χ1v) is 8.97. The van der Waals surface area contributed by atoms with Crippen molar-refractivity contribution in [2.24, 2.45) is 5.92 Å². The predicted molar refractivity (Wildman–Crippen MR) is 91.0 cm³/mol. The molecule has 1 aliphatic carbocycles. The summed E-state index contributed by atoms with van der Waals surface area (Å²) in [6, 6.07) is 8.58. The molecule has 1 aromatic rings. The predicted octanol–water partition coefficient (Wildman–Crippen LogP) is 2.72. The molecule has 4 heteroatoms. The van der Waals surface area contributed by atoms with Crippen molar-refractivity contribution in [3.63, 3.8) is 0 Å². The smallest absolute Gasteiger partial charge is 0.223 e. The number of hydrogen-bond donors (Lipinski definition) is 1. The van der Waals surface area contributed by atoms with Crippen molar-refractivity contribution in [1.82, 2.24) is 10.2 Å². The molecule has 3 rings (SSSR count). The Balaban J connectivity index is 1.49. The molecule has 1 amide bonds. The molecular formula is C19H28N2O2. The van der Waals surface area contributed by atoms with Crippen LogP contribution in [-0.2, 0) is 22.6 Å². The molecule has 4 nitrogen and oxygen atoms in total. The average molecular weight is 316 g/mol. The number of carbonyl (C=O) groups excluding carboxylic acids is 1. The molecule has 23 heavy (non-hydrogen) atoms. The van der Waals surface area contributed by atoms with Crippen LogP contribution in [0.3, 0.4) is 0 Å². The van der Waals surface area contributed by atoms with E-state index >= 15 is 0 Å². The van der Waals surface area contributed by atoms with Crippen LogP contribution in [0.2, 0.25) is 0 Å². The van der Waals surface area contributed by atoms with E-state index in [9.17, 15) is 4.79 Å². The second kappa shape index (κ2) is 8.46. The third kappa shape index (κ3) is 5.05. The Kier molecular flexibility index (Phi) is 6.06. The van der Waals surface area contributed by atoms with Gasteiger partial charge in [-0.15, -0.1) is 0 Å². The van der Waals surface area contributed by atoms with E-state index in [0.29, 0.717) is 6.54 Å². The lowest BCUT2D eigenvalue weighted by Crippen LogP contribution is -2.35. The van der Waals surface area contributed by atoms with Crippen molar-refractivity contribution >= 4 is 5.91 Å². The van der Waals surface area contributed by atoms with E-state index in [1.54, 1.807) is 0 Å². The van der Waals surface area contributed by atoms with Gasteiger partial charge in [-0.3, -0.25) is 9.69 Å². The number of nitrogens with zero attached hydrogens (tertiary/aromatic N) is 1. The van der Waals surface area contributed by atoms with Crippen LogP contribution in [0.15, 0.2) is 24.3 Å². The van der Waals surface area contributed by atoms with E-state index in [1.165, 1.54) is 30.4 Å². The maximum absolute atomic E-state index is 12.2. The first-order valence-electron chi connectivity index (χ1n) is 8.97. The van der Waals surface area contributed by atoms with Crippen molar-refractivity contribution in [3.8, 4) is 0 Å². The Morgan fingerprint density at radius 1 is 1.13 bits per heavy atom. The summed E-state index contributed by atoms with van der Waals surface area (Å²) in [5.41, 5.74) is 2.51. The topological polar surface area (TPSA) is 41.6 Å². The zero-order chi connectivity index (χ0) is 15.9. The Morgan fingerprint density at radius 3 is 2.65 bits per heavy atom. The maximum Gasteiger partial charge on any atom is 0.223 e. The fourth-order valence-corrected chi connectivity index (χ4v) is 3.55. The number of nitrogens with one attached hydrogen (secondary N) is 1. The van der Waals surface area contributed by atoms with Crippen LogP contribution < -0.4 is 5.32 Å². The van der Waals surface area contributed by atoms with E-state index < -0.39 is 0 Å². The molecular weight excluding hydrogens is 288 g/mol. The number of amides is 1. The van der Waals surface area contributed by atoms with E-state index in [4.69, 9.17) is 4.74 Å². The van der Waals surface area contributed by atoms with Crippen LogP contribution in [0.4, 0.5) is 0 Å². The molecule has 2 aliphatic rings. The molecule has 1 aliphatic heterocycles. The monoisotopic (exact) mass is 316 g/mol. The van der Waals surface area contributed by atoms with Crippen LogP contribution in [0.25, 0.3) is 0 Å². The molecule has 1 N–H and O–H groups in total. The normalized spacial score (nSPS) is 20.3. The van der Waals surface area contributed by atoms with Gasteiger partial charge in [0, 0.05) is 32.1 Å². The second-order valence-corrected chi connectivity index (χ2v) is 6.76. The van der Waals surface area contributed by atoms with Crippen molar-refractivity contribution in [3.05, 3.63) is 35.4 Å². The lowest BCUT2D eigenvalue weighted by Gasteiger charge is -2.26. The molecule has 1 aromatic carbocycles. The zero-order valence-electron chi connectivity index (χ0n) is 13.9. The van der Waals surface area contributed by atoms with Gasteiger partial charge < -0.3 is 10.1 Å². The number of hydrogen-bond acceptors (Lipinski definition) is 3. The minimum Gasteiger partial charge on any atom is -0.379 e. The van der Waals surface area contributed by atoms with E-state index in [-0.39, 0.29) is 11.8 Å². The molecule has 0 spiro atoms. The summed E-state index contributed by atoms with van der Waals surface area (Å²) in [4.78, 5) is 14.7. The highest BCUT2D eigenvalue weighted by molar-refractivity contribution is 5.78. The lowest BCUT2D eigenvalue weighted by atomic mass is 9.88. The van der Waals surface area contributed by atoms with Crippen molar-refractivity contribution < 1.29 is 9.53 Å². The van der Waals surface area contributed by atoms with Crippen LogP contribution in [0, 0.1) is 5.92 Å². The van der Waals surface area contributed by atoms with Gasteiger partial charge in [-0.1, -0.05) is 43.5 Å². The fourth-order valence-electron chi connectivity index (χ4n) is 3.55. The summed E-state index contributed by atoms with van der Waals surface area (Å²) in [6.07, 6.45) is 5.80. The highest BCUT2D eigenvalue weighted by Gasteiger charge is 2.20. The molecule has 0 unspecified atom stereocenters. The summed E-state index contributed by atoms with van der Waals surface area (Å²) < 4.78 is 5.39. The molecule has 0 atom stereocenters. The molecule has 1 saturated heterocycles. The van der Waals surface area contributed by atoms with Gasteiger partial charge in [0.05, 0.1) is 13.2 Å². The van der Waals surface area contributed by atoms with Gasteiger partial charge in [0.1, 0.15) is 0 Å². The number of rotatable bonds is 5. The van der Waals surface area contributed by atoms with Crippen LogP contribution in [-0.4, -0.2) is 37.1 Å². The van der Waals surface area contributed by atoms with Gasteiger partial charge in [-0.25, -0.2) is 0 Å². The van der Waals surface area contributed by atoms with Gasteiger partial charge in [0.2, 0.25) is 5.91 Å². The molecule has 1 heterocycles. The summed E-state index contributed by atoms with van der Waals surface area (Å²) in [5, 5.41) is 3.13. The highest BCUT2D eigenvalue weighted by Crippen LogP contribution is 2.23. The molecule has 0 aromatic heterocycles. The zero-order valence-corrected chi connectivity index (χ0v) is 13.9. The first kappa shape index (κ1) is 16.5. The molecule has 0 radical (unpaired) electrons. The summed E-state index contributed by atoms with van der Waals surface area (Å²) in [5.74, 6) is 0.476. The summed E-state index contributed by atoms with van der Waals surface area (Å²) in [6.45, 7) is 5.28. The van der Waals surface area contributed by atoms with Gasteiger partial charge in [0.25, 0.3) is 0 Å². The van der Waals surface area contributed by atoms with Crippen molar-refractivity contribution in [2.45, 2.75) is 45.2 Å². The minimum absolute atomic E-state index is 0.236. The van der Waals surface area contributed by atoms with Gasteiger partial charge in [-0.2, -0.15) is 0 Å². The van der Waals surface area contributed by atoms with Crippen molar-refractivity contribution in [1.29, 1.82) is 0 Å². The standard InChI is InChI=1S/C19H28N2O2/c22-19(18-7-2-1-3-8-18)20-14-16-5-4-6-17(13-16)15-21-9-11-23-12-10-21/h4-6,13,18H,1-3,7-12,14-15H2,(H,20,22). The second-order valence-electron chi connectivity index (χ2n) is 6.76. The quantitative estimate of drug-likeness (QED) is 0.908. The Labute approximate surface area is 139 Å². The first-order chi connectivity index (χ1) is 11.3. The number of carbonyl (C=O) groups is 1. The van der Waals surface area contributed by atoms with Gasteiger partial charge >= 0.3 is 0 Å². The van der Waals surface area contributed by atoms with Crippen LogP contribution in [0.1, 0.15) is 43.2 Å². The molecule has 0 bridgehead atoms. The third-order valence-electron chi connectivity index (χ3n) is 4.94. The maximum atomic E-state index is 12.2. The fraction of sp³-hybridized carbons (Fsp3) is 0.632. The SMILES string of the molecule is O=C(NCc1cccc(CN2CCOCC2)c1)C1CCCCC1. The highest BCUT2D eigenvalue weighted by atomic mass is 16.5. The molecule has 126 valence electrons. The lowest BCUT2D eigenvalue weighted by molar-refractivity contribution is -0.126. The van der Waals surface area contributed by atoms with E-state index in [0.717, 1.165) is 45.7 Å².